The van der Waals surface area contributed by atoms with Crippen LogP contribution in [0.3, 0.4) is 0 Å². The fourth-order valence-corrected chi connectivity index (χ4v) is 2.45. The Hall–Kier alpha value is -0.970. The molecule has 25 heavy (non-hydrogen) atoms. The molecule has 0 saturated heterocycles. The number of nitrogens with one attached hydrogen (secondary N) is 2. The first kappa shape index (κ1) is 24.0. The van der Waals surface area contributed by atoms with Gasteiger partial charge in [-0.2, -0.15) is 20.5 Å². The zero-order chi connectivity index (χ0) is 17.8. The summed E-state index contributed by atoms with van der Waals surface area (Å²) in [6.45, 7) is 0.340. The van der Waals surface area contributed by atoms with E-state index in [1.165, 1.54) is 0 Å². The van der Waals surface area contributed by atoms with E-state index in [-0.39, 0.29) is 29.7 Å². The monoisotopic (exact) mass is 489 g/mol. The molecule has 0 radical (unpaired) electrons. The topological polar surface area (TPSA) is 54.9 Å². The number of alkyl halides is 2. The molecule has 0 aliphatic carbocycles. The van der Waals surface area contributed by atoms with Gasteiger partial charge in [0.15, 0.2) is 17.5 Å². The van der Waals surface area contributed by atoms with Gasteiger partial charge in [0.1, 0.15) is 0 Å². The van der Waals surface area contributed by atoms with Gasteiger partial charge in [0.2, 0.25) is 0 Å². The molecule has 0 amide bonds. The Bertz CT molecular complexity index is 522. The summed E-state index contributed by atoms with van der Waals surface area (Å²) < 4.78 is 35.4. The Kier molecular flexibility index (Phi) is 13.7. The van der Waals surface area contributed by atoms with Gasteiger partial charge in [-0.15, -0.1) is 24.0 Å². The highest BCUT2D eigenvalue weighted by Crippen LogP contribution is 2.32. The molecular formula is C16H26F2IN3O2S. The van der Waals surface area contributed by atoms with Crippen LogP contribution in [0, 0.1) is 0 Å². The van der Waals surface area contributed by atoms with Crippen LogP contribution in [0.2, 0.25) is 0 Å². The predicted octanol–water partition coefficient (Wildman–Crippen LogP) is 3.72. The molecule has 0 unspecified atom stereocenters. The van der Waals surface area contributed by atoms with Crippen LogP contribution in [-0.4, -0.2) is 44.8 Å². The number of halogens is 3. The predicted molar refractivity (Wildman–Crippen MR) is 111 cm³/mol. The lowest BCUT2D eigenvalue weighted by molar-refractivity contribution is -0.0520. The van der Waals surface area contributed by atoms with Crippen molar-refractivity contribution in [1.82, 2.24) is 10.6 Å². The van der Waals surface area contributed by atoms with Crippen LogP contribution < -0.4 is 20.1 Å². The Morgan fingerprint density at radius 2 is 2.08 bits per heavy atom. The maximum absolute atomic E-state index is 12.7. The number of nitrogens with zero attached hydrogens (tertiary/aromatic N) is 1. The van der Waals surface area contributed by atoms with Gasteiger partial charge in [0.05, 0.1) is 6.61 Å². The van der Waals surface area contributed by atoms with E-state index in [1.807, 2.05) is 0 Å². The smallest absolute Gasteiger partial charge is 0.387 e. The molecule has 0 aromatic heterocycles. The number of aliphatic imine (C=N–C) groups is 1. The van der Waals surface area contributed by atoms with Crippen molar-refractivity contribution in [3.63, 3.8) is 0 Å². The van der Waals surface area contributed by atoms with Gasteiger partial charge in [-0.3, -0.25) is 4.99 Å². The number of hydrogen-bond donors (Lipinski definition) is 2. The van der Waals surface area contributed by atoms with Crippen molar-refractivity contribution in [3.8, 4) is 11.5 Å². The quantitative estimate of drug-likeness (QED) is 0.227. The highest BCUT2D eigenvalue weighted by molar-refractivity contribution is 14.0. The van der Waals surface area contributed by atoms with Crippen LogP contribution in [0.4, 0.5) is 8.78 Å². The van der Waals surface area contributed by atoms with Crippen molar-refractivity contribution >= 4 is 41.7 Å². The fourth-order valence-electron chi connectivity index (χ4n) is 2.02. The minimum absolute atomic E-state index is 0. The van der Waals surface area contributed by atoms with Gasteiger partial charge in [0.25, 0.3) is 0 Å². The van der Waals surface area contributed by atoms with E-state index in [2.05, 4.69) is 26.6 Å². The molecule has 0 atom stereocenters. The van der Waals surface area contributed by atoms with E-state index in [9.17, 15) is 8.78 Å². The molecule has 0 heterocycles. The SMILES string of the molecule is CCOc1cccc(CNC(=NC)NCCCSC)c1OC(F)F.I. The molecule has 0 spiro atoms. The number of hydrogen-bond acceptors (Lipinski definition) is 4. The largest absolute Gasteiger partial charge is 0.490 e. The van der Waals surface area contributed by atoms with E-state index in [0.717, 1.165) is 18.7 Å². The highest BCUT2D eigenvalue weighted by atomic mass is 127. The van der Waals surface area contributed by atoms with E-state index >= 15 is 0 Å². The molecule has 0 aliphatic rings. The van der Waals surface area contributed by atoms with Gasteiger partial charge < -0.3 is 20.1 Å². The van der Waals surface area contributed by atoms with E-state index in [4.69, 9.17) is 4.74 Å². The van der Waals surface area contributed by atoms with Gasteiger partial charge in [-0.05, 0) is 31.4 Å². The van der Waals surface area contributed by atoms with Gasteiger partial charge in [0, 0.05) is 25.7 Å². The second-order valence-electron chi connectivity index (χ2n) is 4.75. The zero-order valence-electron chi connectivity index (χ0n) is 14.7. The molecule has 9 heteroatoms. The lowest BCUT2D eigenvalue weighted by atomic mass is 10.2. The number of ether oxygens (including phenoxy) is 2. The Morgan fingerprint density at radius 1 is 1.32 bits per heavy atom. The number of benzene rings is 1. The molecule has 0 aliphatic heterocycles. The second kappa shape index (κ2) is 14.2. The van der Waals surface area contributed by atoms with Gasteiger partial charge in [-0.25, -0.2) is 0 Å². The first-order valence-corrected chi connectivity index (χ1v) is 9.14. The maximum atomic E-state index is 12.7. The zero-order valence-corrected chi connectivity index (χ0v) is 17.8. The van der Waals surface area contributed by atoms with Crippen LogP contribution in [0.15, 0.2) is 23.2 Å². The van der Waals surface area contributed by atoms with Crippen molar-refractivity contribution in [3.05, 3.63) is 23.8 Å². The minimum Gasteiger partial charge on any atom is -0.490 e. The van der Waals surface area contributed by atoms with Crippen molar-refractivity contribution in [2.24, 2.45) is 4.99 Å². The van der Waals surface area contributed by atoms with E-state index in [1.54, 1.807) is 43.9 Å². The summed E-state index contributed by atoms with van der Waals surface area (Å²) in [5.74, 6) is 2.04. The van der Waals surface area contributed by atoms with Gasteiger partial charge >= 0.3 is 6.61 Å². The van der Waals surface area contributed by atoms with Crippen LogP contribution in [0.25, 0.3) is 0 Å². The summed E-state index contributed by atoms with van der Waals surface area (Å²) >= 11 is 1.78. The molecule has 0 fully saturated rings. The molecular weight excluding hydrogens is 463 g/mol. The fraction of sp³-hybridized carbons (Fsp3) is 0.562. The van der Waals surface area contributed by atoms with Crippen molar-refractivity contribution < 1.29 is 18.3 Å². The third kappa shape index (κ3) is 9.34. The van der Waals surface area contributed by atoms with Crippen molar-refractivity contribution in [2.45, 2.75) is 26.5 Å². The van der Waals surface area contributed by atoms with Crippen LogP contribution in [0.1, 0.15) is 18.9 Å². The number of guanidine groups is 1. The number of thioether (sulfide) groups is 1. The van der Waals surface area contributed by atoms with Crippen LogP contribution in [0.5, 0.6) is 11.5 Å². The molecule has 1 aromatic carbocycles. The minimum atomic E-state index is -2.91. The summed E-state index contributed by atoms with van der Waals surface area (Å²) in [7, 11) is 1.66. The van der Waals surface area contributed by atoms with Crippen LogP contribution >= 0.6 is 35.7 Å². The second-order valence-corrected chi connectivity index (χ2v) is 5.74. The molecule has 1 aromatic rings. The van der Waals surface area contributed by atoms with Crippen molar-refractivity contribution in [2.75, 3.05) is 32.2 Å². The molecule has 5 nitrogen and oxygen atoms in total. The summed E-state index contributed by atoms with van der Waals surface area (Å²) in [4.78, 5) is 4.12. The normalized spacial score (nSPS) is 11.0. The standard InChI is InChI=1S/C16H25F2N3O2S.HI/c1-4-22-13-8-5-7-12(14(13)23-15(17)18)11-21-16(19-2)20-9-6-10-24-3;/h5,7-8,15H,4,6,9-11H2,1-3H3,(H2,19,20,21);1H. The molecule has 0 bridgehead atoms. The Morgan fingerprint density at radius 3 is 2.68 bits per heavy atom. The van der Waals surface area contributed by atoms with Gasteiger partial charge in [-0.1, -0.05) is 12.1 Å². The molecule has 2 N–H and O–H groups in total. The molecule has 144 valence electrons. The third-order valence-electron chi connectivity index (χ3n) is 3.05. The number of para-hydroxylation sites is 1. The average molecular weight is 489 g/mol. The first-order valence-electron chi connectivity index (χ1n) is 7.75. The van der Waals surface area contributed by atoms with E-state index < -0.39 is 6.61 Å². The average Bonchev–Trinajstić information content (AvgIpc) is 2.56. The van der Waals surface area contributed by atoms with Crippen molar-refractivity contribution in [1.29, 1.82) is 0 Å². The summed E-state index contributed by atoms with van der Waals surface area (Å²) in [5.41, 5.74) is 0.577. The lowest BCUT2D eigenvalue weighted by Crippen LogP contribution is -2.37. The number of rotatable bonds is 10. The third-order valence-corrected chi connectivity index (χ3v) is 3.75. The first-order chi connectivity index (χ1) is 11.6. The molecule has 1 rings (SSSR count). The highest BCUT2D eigenvalue weighted by Gasteiger charge is 2.15. The Balaban J connectivity index is 0.00000576. The van der Waals surface area contributed by atoms with Crippen LogP contribution in [-0.2, 0) is 6.54 Å². The summed E-state index contributed by atoms with van der Waals surface area (Å²) in [6.07, 6.45) is 3.07. The summed E-state index contributed by atoms with van der Waals surface area (Å²) in [5, 5.41) is 6.28. The Labute approximate surface area is 169 Å². The summed E-state index contributed by atoms with van der Waals surface area (Å²) in [6, 6.07) is 5.07. The lowest BCUT2D eigenvalue weighted by Gasteiger charge is -2.17. The molecule has 0 saturated carbocycles. The maximum Gasteiger partial charge on any atom is 0.387 e. The van der Waals surface area contributed by atoms with E-state index in [0.29, 0.717) is 30.4 Å².